The van der Waals surface area contributed by atoms with Gasteiger partial charge in [-0.25, -0.2) is 8.78 Å². The van der Waals surface area contributed by atoms with Crippen LogP contribution in [-0.2, 0) is 0 Å². The van der Waals surface area contributed by atoms with Crippen molar-refractivity contribution in [2.24, 2.45) is 0 Å². The van der Waals surface area contributed by atoms with Crippen LogP contribution in [0, 0.1) is 0 Å². The number of nitrogens with zero attached hydrogens (tertiary/aromatic N) is 1. The molecular weight excluding hydrogens is 244 g/mol. The van der Waals surface area contributed by atoms with Gasteiger partial charge in [0.05, 0.1) is 5.39 Å². The molecule has 0 atom stereocenters. The van der Waals surface area contributed by atoms with Gasteiger partial charge in [-0.3, -0.25) is 0 Å². The third-order valence-electron chi connectivity index (χ3n) is 1.67. The van der Waals surface area contributed by atoms with Crippen LogP contribution in [0.15, 0.2) is 27.2 Å². The lowest BCUT2D eigenvalue weighted by Crippen LogP contribution is -1.82. The zero-order valence-electron chi connectivity index (χ0n) is 6.30. The molecule has 1 heterocycles. The van der Waals surface area contributed by atoms with Crippen molar-refractivity contribution in [1.29, 1.82) is 0 Å². The average Bonchev–Trinajstić information content (AvgIpc) is 2.46. The summed E-state index contributed by atoms with van der Waals surface area (Å²) in [6.07, 6.45) is -2.59. The molecule has 5 heteroatoms. The standard InChI is InChI=1S/C8H4BrF2NO/c9-4-1-2-5-6(3-4)13-12-7(5)8(10)11/h1-3,8H. The van der Waals surface area contributed by atoms with E-state index in [-0.39, 0.29) is 5.69 Å². The van der Waals surface area contributed by atoms with Crippen LogP contribution < -0.4 is 0 Å². The normalized spacial score (nSPS) is 11.4. The lowest BCUT2D eigenvalue weighted by molar-refractivity contribution is 0.142. The summed E-state index contributed by atoms with van der Waals surface area (Å²) in [6, 6.07) is 4.83. The molecule has 0 fully saturated rings. The van der Waals surface area contributed by atoms with Crippen molar-refractivity contribution < 1.29 is 13.3 Å². The number of halogens is 3. The summed E-state index contributed by atoms with van der Waals surface area (Å²) < 4.78 is 30.1. The van der Waals surface area contributed by atoms with E-state index in [4.69, 9.17) is 4.52 Å². The highest BCUT2D eigenvalue weighted by Crippen LogP contribution is 2.28. The van der Waals surface area contributed by atoms with Gasteiger partial charge in [-0.1, -0.05) is 21.1 Å². The van der Waals surface area contributed by atoms with Gasteiger partial charge in [-0.15, -0.1) is 0 Å². The van der Waals surface area contributed by atoms with Gasteiger partial charge < -0.3 is 4.52 Å². The van der Waals surface area contributed by atoms with E-state index in [2.05, 4.69) is 21.1 Å². The Labute approximate surface area is 80.6 Å². The van der Waals surface area contributed by atoms with Crippen LogP contribution in [0.5, 0.6) is 0 Å². The summed E-state index contributed by atoms with van der Waals surface area (Å²) in [4.78, 5) is 0. The summed E-state index contributed by atoms with van der Waals surface area (Å²) in [5, 5.41) is 3.65. The van der Waals surface area contributed by atoms with E-state index < -0.39 is 6.43 Å². The predicted octanol–water partition coefficient (Wildman–Crippen LogP) is 3.53. The van der Waals surface area contributed by atoms with Crippen molar-refractivity contribution in [2.45, 2.75) is 6.43 Å². The summed E-state index contributed by atoms with van der Waals surface area (Å²) in [6.45, 7) is 0. The van der Waals surface area contributed by atoms with E-state index in [1.165, 1.54) is 0 Å². The Bertz CT molecular complexity index is 441. The fourth-order valence-electron chi connectivity index (χ4n) is 1.09. The zero-order chi connectivity index (χ0) is 9.42. The quantitative estimate of drug-likeness (QED) is 0.771. The molecular formula is C8H4BrF2NO. The van der Waals surface area contributed by atoms with Gasteiger partial charge in [0.1, 0.15) is 0 Å². The van der Waals surface area contributed by atoms with E-state index in [0.29, 0.717) is 11.0 Å². The van der Waals surface area contributed by atoms with E-state index >= 15 is 0 Å². The van der Waals surface area contributed by atoms with Gasteiger partial charge in [0.25, 0.3) is 6.43 Å². The first-order valence-corrected chi connectivity index (χ1v) is 4.31. The molecule has 2 rings (SSSR count). The van der Waals surface area contributed by atoms with Crippen LogP contribution in [0.2, 0.25) is 0 Å². The van der Waals surface area contributed by atoms with E-state index in [1.54, 1.807) is 18.2 Å². The third-order valence-corrected chi connectivity index (χ3v) is 2.16. The molecule has 0 saturated carbocycles. The number of alkyl halides is 2. The molecule has 0 N–H and O–H groups in total. The second-order valence-electron chi connectivity index (χ2n) is 2.51. The van der Waals surface area contributed by atoms with Crippen molar-refractivity contribution in [1.82, 2.24) is 5.16 Å². The Morgan fingerprint density at radius 1 is 1.38 bits per heavy atom. The molecule has 0 radical (unpaired) electrons. The molecule has 0 aliphatic heterocycles. The summed E-state index contributed by atoms with van der Waals surface area (Å²) in [7, 11) is 0. The van der Waals surface area contributed by atoms with Gasteiger partial charge in [-0.05, 0) is 18.2 Å². The Balaban J connectivity index is 2.69. The summed E-state index contributed by atoms with van der Waals surface area (Å²) >= 11 is 3.20. The number of hydrogen-bond acceptors (Lipinski definition) is 2. The van der Waals surface area contributed by atoms with Crippen LogP contribution in [-0.4, -0.2) is 5.16 Å². The number of fused-ring (bicyclic) bond motifs is 1. The summed E-state index contributed by atoms with van der Waals surface area (Å²) in [5.74, 6) is 0. The van der Waals surface area contributed by atoms with Gasteiger partial charge in [0.2, 0.25) is 0 Å². The molecule has 0 unspecified atom stereocenters. The van der Waals surface area contributed by atoms with Crippen molar-refractivity contribution in [3.63, 3.8) is 0 Å². The number of benzene rings is 1. The fraction of sp³-hybridized carbons (Fsp3) is 0.125. The molecule has 1 aromatic heterocycles. The first-order valence-electron chi connectivity index (χ1n) is 3.51. The molecule has 68 valence electrons. The van der Waals surface area contributed by atoms with E-state index in [9.17, 15) is 8.78 Å². The van der Waals surface area contributed by atoms with Crippen LogP contribution in [0.25, 0.3) is 11.0 Å². The Morgan fingerprint density at radius 3 is 2.85 bits per heavy atom. The SMILES string of the molecule is FC(F)c1noc2cc(Br)ccc12. The van der Waals surface area contributed by atoms with Crippen molar-refractivity contribution in [3.05, 3.63) is 28.4 Å². The lowest BCUT2D eigenvalue weighted by Gasteiger charge is -1.92. The van der Waals surface area contributed by atoms with E-state index in [1.807, 2.05) is 0 Å². The maximum atomic E-state index is 12.3. The molecule has 1 aromatic carbocycles. The first kappa shape index (κ1) is 8.62. The third kappa shape index (κ3) is 1.44. The highest BCUT2D eigenvalue weighted by Gasteiger charge is 2.16. The minimum absolute atomic E-state index is 0.303. The fourth-order valence-corrected chi connectivity index (χ4v) is 1.43. The van der Waals surface area contributed by atoms with Crippen LogP contribution in [0.1, 0.15) is 12.1 Å². The molecule has 0 amide bonds. The minimum Gasteiger partial charge on any atom is -0.356 e. The largest absolute Gasteiger partial charge is 0.356 e. The van der Waals surface area contributed by atoms with Crippen molar-refractivity contribution >= 4 is 26.9 Å². The second-order valence-corrected chi connectivity index (χ2v) is 3.42. The second kappa shape index (κ2) is 3.06. The van der Waals surface area contributed by atoms with Crippen LogP contribution in [0.4, 0.5) is 8.78 Å². The van der Waals surface area contributed by atoms with Gasteiger partial charge in [0, 0.05) is 4.47 Å². The molecule has 0 aliphatic rings. The highest BCUT2D eigenvalue weighted by molar-refractivity contribution is 9.10. The predicted molar refractivity (Wildman–Crippen MR) is 46.7 cm³/mol. The lowest BCUT2D eigenvalue weighted by atomic mass is 10.2. The molecule has 0 aliphatic carbocycles. The van der Waals surface area contributed by atoms with Gasteiger partial charge in [0.15, 0.2) is 11.3 Å². The smallest absolute Gasteiger partial charge is 0.284 e. The maximum absolute atomic E-state index is 12.3. The Hall–Kier alpha value is -0.970. The molecule has 0 saturated heterocycles. The van der Waals surface area contributed by atoms with Gasteiger partial charge >= 0.3 is 0 Å². The van der Waals surface area contributed by atoms with Crippen molar-refractivity contribution in [2.75, 3.05) is 0 Å². The molecule has 2 nitrogen and oxygen atoms in total. The van der Waals surface area contributed by atoms with Crippen LogP contribution >= 0.6 is 15.9 Å². The first-order chi connectivity index (χ1) is 6.18. The molecule has 2 aromatic rings. The summed E-state index contributed by atoms with van der Waals surface area (Å²) in [5.41, 5.74) is 0.0622. The van der Waals surface area contributed by atoms with E-state index in [0.717, 1.165) is 4.47 Å². The van der Waals surface area contributed by atoms with Gasteiger partial charge in [-0.2, -0.15) is 0 Å². The topological polar surface area (TPSA) is 26.0 Å². The van der Waals surface area contributed by atoms with Crippen molar-refractivity contribution in [3.8, 4) is 0 Å². The minimum atomic E-state index is -2.59. The Kier molecular flexibility index (Phi) is 2.03. The Morgan fingerprint density at radius 2 is 2.15 bits per heavy atom. The monoisotopic (exact) mass is 247 g/mol. The highest BCUT2D eigenvalue weighted by atomic mass is 79.9. The molecule has 0 spiro atoms. The molecule has 0 bridgehead atoms. The maximum Gasteiger partial charge on any atom is 0.284 e. The average molecular weight is 248 g/mol. The number of hydrogen-bond donors (Lipinski definition) is 0. The van der Waals surface area contributed by atoms with Crippen LogP contribution in [0.3, 0.4) is 0 Å². The molecule has 13 heavy (non-hydrogen) atoms. The number of rotatable bonds is 1. The number of aromatic nitrogens is 1. The zero-order valence-corrected chi connectivity index (χ0v) is 7.88.